The van der Waals surface area contributed by atoms with Crippen LogP contribution < -0.4 is 11.1 Å². The maximum Gasteiger partial charge on any atom is 0.267 e. The number of nitrogens with one attached hydrogen (secondary N) is 1. The maximum absolute atomic E-state index is 12.9. The average Bonchev–Trinajstić information content (AvgIpc) is 3.21. The summed E-state index contributed by atoms with van der Waals surface area (Å²) in [5.74, 6) is -3.44. The zero-order valence-electron chi connectivity index (χ0n) is 15.0. The van der Waals surface area contributed by atoms with Crippen LogP contribution in [0.2, 0.25) is 0 Å². The maximum atomic E-state index is 12.9. The van der Waals surface area contributed by atoms with Gasteiger partial charge in [0.1, 0.15) is 23.9 Å². The summed E-state index contributed by atoms with van der Waals surface area (Å²) in [5.41, 5.74) is 5.08. The Balaban J connectivity index is 2.10. The smallest absolute Gasteiger partial charge is 0.267 e. The van der Waals surface area contributed by atoms with Crippen LogP contribution in [0.15, 0.2) is 0 Å². The first-order valence-electron chi connectivity index (χ1n) is 8.64. The lowest BCUT2D eigenvalue weighted by Gasteiger charge is -2.31. The Bertz CT molecular complexity index is 738. The molecule has 0 saturated carbocycles. The summed E-state index contributed by atoms with van der Waals surface area (Å²) in [7, 11) is -4.54. The Morgan fingerprint density at radius 3 is 2.19 bits per heavy atom. The summed E-state index contributed by atoms with van der Waals surface area (Å²) in [6.07, 6.45) is 2.09. The van der Waals surface area contributed by atoms with Crippen molar-refractivity contribution in [1.29, 1.82) is 0 Å². The van der Waals surface area contributed by atoms with Crippen LogP contribution in [0, 0.1) is 0 Å². The molecule has 2 rings (SSSR count). The molecule has 2 saturated heterocycles. The van der Waals surface area contributed by atoms with E-state index in [1.807, 2.05) is 0 Å². The van der Waals surface area contributed by atoms with Crippen LogP contribution >= 0.6 is 0 Å². The Morgan fingerprint density at radius 2 is 1.67 bits per heavy atom. The van der Waals surface area contributed by atoms with Gasteiger partial charge in [-0.3, -0.25) is 23.7 Å². The van der Waals surface area contributed by atoms with Crippen molar-refractivity contribution in [3.63, 3.8) is 0 Å². The first kappa shape index (κ1) is 21.1. The van der Waals surface area contributed by atoms with Crippen LogP contribution in [0.5, 0.6) is 0 Å². The first-order valence-corrected chi connectivity index (χ1v) is 10.2. The molecule has 2 heterocycles. The number of hydrogen-bond donors (Lipinski definition) is 3. The van der Waals surface area contributed by atoms with E-state index in [9.17, 15) is 27.6 Å². The fraction of sp³-hybridized carbons (Fsp3) is 0.733. The summed E-state index contributed by atoms with van der Waals surface area (Å²) in [5, 5.41) is 2.20. The fourth-order valence-corrected chi connectivity index (χ4v) is 4.24. The van der Waals surface area contributed by atoms with Crippen LogP contribution in [0.4, 0.5) is 0 Å². The van der Waals surface area contributed by atoms with Gasteiger partial charge in [-0.1, -0.05) is 0 Å². The summed E-state index contributed by atoms with van der Waals surface area (Å²) >= 11 is 0. The molecule has 12 heteroatoms. The van der Waals surface area contributed by atoms with Crippen LogP contribution in [-0.2, 0) is 29.3 Å². The third kappa shape index (κ3) is 5.16. The van der Waals surface area contributed by atoms with Gasteiger partial charge in [-0.2, -0.15) is 8.42 Å². The number of carbonyl (C=O) groups is 4. The molecule has 0 spiro atoms. The number of nitrogens with zero attached hydrogens (tertiary/aromatic N) is 2. The lowest BCUT2D eigenvalue weighted by atomic mass is 10.1. The number of amides is 4. The summed E-state index contributed by atoms with van der Waals surface area (Å²) < 4.78 is 30.9. The molecule has 0 bridgehead atoms. The molecular weight excluding hydrogens is 380 g/mol. The monoisotopic (exact) mass is 404 g/mol. The molecule has 4 N–H and O–H groups in total. The lowest BCUT2D eigenvalue weighted by molar-refractivity contribution is -0.146. The molecule has 2 fully saturated rings. The molecule has 0 aromatic heterocycles. The highest BCUT2D eigenvalue weighted by Crippen LogP contribution is 2.25. The molecule has 0 aliphatic carbocycles. The minimum Gasteiger partial charge on any atom is -0.368 e. The highest BCUT2D eigenvalue weighted by atomic mass is 32.2. The van der Waals surface area contributed by atoms with Crippen molar-refractivity contribution in [1.82, 2.24) is 15.1 Å². The molecule has 0 aromatic carbocycles. The van der Waals surface area contributed by atoms with E-state index in [0.29, 0.717) is 38.8 Å². The van der Waals surface area contributed by atoms with Gasteiger partial charge in [0.25, 0.3) is 10.1 Å². The van der Waals surface area contributed by atoms with Gasteiger partial charge in [0, 0.05) is 20.0 Å². The zero-order chi connectivity index (χ0) is 20.4. The summed E-state index contributed by atoms with van der Waals surface area (Å²) in [6.45, 7) is 2.18. The largest absolute Gasteiger partial charge is 0.368 e. The molecule has 152 valence electrons. The molecule has 2 aliphatic heterocycles. The molecule has 0 unspecified atom stereocenters. The second-order valence-corrected chi connectivity index (χ2v) is 8.27. The molecule has 11 nitrogen and oxygen atoms in total. The molecule has 4 amide bonds. The van der Waals surface area contributed by atoms with Crippen LogP contribution in [0.25, 0.3) is 0 Å². The van der Waals surface area contributed by atoms with E-state index in [0.717, 1.165) is 0 Å². The van der Waals surface area contributed by atoms with Crippen molar-refractivity contribution in [2.24, 2.45) is 5.73 Å². The number of primary amides is 1. The third-order valence-corrected chi connectivity index (χ3v) is 5.57. The van der Waals surface area contributed by atoms with Gasteiger partial charge >= 0.3 is 0 Å². The number of hydrogen-bond acceptors (Lipinski definition) is 6. The highest BCUT2D eigenvalue weighted by Gasteiger charge is 2.42. The Hall–Kier alpha value is -2.21. The number of likely N-dealkylation sites (tertiary alicyclic amines) is 2. The second-order valence-electron chi connectivity index (χ2n) is 6.77. The molecule has 0 radical (unpaired) electrons. The van der Waals surface area contributed by atoms with Gasteiger partial charge < -0.3 is 20.9 Å². The average molecular weight is 404 g/mol. The van der Waals surface area contributed by atoms with E-state index in [4.69, 9.17) is 10.3 Å². The van der Waals surface area contributed by atoms with Crippen molar-refractivity contribution >= 4 is 33.7 Å². The Kier molecular flexibility index (Phi) is 6.42. The molecule has 0 aromatic rings. The molecule has 27 heavy (non-hydrogen) atoms. The van der Waals surface area contributed by atoms with E-state index in [1.165, 1.54) is 16.7 Å². The molecule has 3 atom stereocenters. The van der Waals surface area contributed by atoms with Crippen LogP contribution in [0.3, 0.4) is 0 Å². The van der Waals surface area contributed by atoms with Gasteiger partial charge in [-0.15, -0.1) is 0 Å². The number of nitrogens with two attached hydrogens (primary N) is 1. The molecular formula is C15H24N4O7S. The minimum absolute atomic E-state index is 0.215. The van der Waals surface area contributed by atoms with Gasteiger partial charge in [-0.05, 0) is 25.7 Å². The predicted molar refractivity (Wildman–Crippen MR) is 92.7 cm³/mol. The zero-order valence-corrected chi connectivity index (χ0v) is 15.8. The topological polar surface area (TPSA) is 167 Å². The van der Waals surface area contributed by atoms with Gasteiger partial charge in [0.05, 0.1) is 0 Å². The van der Waals surface area contributed by atoms with Gasteiger partial charge in [-0.25, -0.2) is 0 Å². The van der Waals surface area contributed by atoms with Gasteiger partial charge in [0.2, 0.25) is 23.6 Å². The summed E-state index contributed by atoms with van der Waals surface area (Å²) in [6, 6.07) is -3.12. The molecule has 2 aliphatic rings. The van der Waals surface area contributed by atoms with Crippen molar-refractivity contribution in [3.05, 3.63) is 0 Å². The van der Waals surface area contributed by atoms with E-state index >= 15 is 0 Å². The minimum atomic E-state index is -4.54. The van der Waals surface area contributed by atoms with E-state index in [2.05, 4.69) is 5.32 Å². The van der Waals surface area contributed by atoms with E-state index in [1.54, 1.807) is 0 Å². The van der Waals surface area contributed by atoms with Crippen molar-refractivity contribution in [2.45, 2.75) is 50.7 Å². The van der Waals surface area contributed by atoms with Crippen LogP contribution in [0.1, 0.15) is 32.6 Å². The van der Waals surface area contributed by atoms with Crippen molar-refractivity contribution in [2.75, 3.05) is 18.8 Å². The van der Waals surface area contributed by atoms with Crippen molar-refractivity contribution in [3.8, 4) is 0 Å². The van der Waals surface area contributed by atoms with Crippen molar-refractivity contribution < 1.29 is 32.1 Å². The highest BCUT2D eigenvalue weighted by molar-refractivity contribution is 7.85. The Labute approximate surface area is 157 Å². The van der Waals surface area contributed by atoms with E-state index < -0.39 is 45.8 Å². The van der Waals surface area contributed by atoms with Crippen LogP contribution in [-0.4, -0.2) is 83.4 Å². The van der Waals surface area contributed by atoms with E-state index in [-0.39, 0.29) is 11.8 Å². The second kappa shape index (κ2) is 8.21. The predicted octanol–water partition coefficient (Wildman–Crippen LogP) is -2.15. The number of rotatable bonds is 6. The quantitative estimate of drug-likeness (QED) is 0.424. The standard InChI is InChI=1S/C15H24N4O7S/c1-9(20)18-6-3-5-12(18)15(23)19-7-2-4-11(19)14(22)17-10(13(16)21)8-27(24,25)26/h10-12H,2-8H2,1H3,(H2,16,21)(H,17,22)(H,24,25,26)/t10-,11-,12-/m0/s1. The fourth-order valence-electron chi connectivity index (χ4n) is 3.57. The summed E-state index contributed by atoms with van der Waals surface area (Å²) in [4.78, 5) is 51.3. The SMILES string of the molecule is CC(=O)N1CCC[C@H]1C(=O)N1CCC[C@H]1C(=O)N[C@@H](CS(=O)(=O)O)C(N)=O. The Morgan fingerprint density at radius 1 is 1.11 bits per heavy atom. The first-order chi connectivity index (χ1) is 12.5. The third-order valence-electron chi connectivity index (χ3n) is 4.82. The lowest BCUT2D eigenvalue weighted by Crippen LogP contribution is -2.56. The van der Waals surface area contributed by atoms with Gasteiger partial charge in [0.15, 0.2) is 0 Å². The number of carbonyl (C=O) groups excluding carboxylic acids is 4. The normalized spacial score (nSPS) is 23.9.